The number of carbonyl (C=O) groups excluding carboxylic acids is 2. The molecule has 1 aromatic heterocycles. The topological polar surface area (TPSA) is 49.4 Å². The standard InChI is InChI=1S/C18H20N2O2S/c1-12(2)20-11-13(10-17(20)21)18(22)19-15-7-4-3-6-14(15)16-8-5-9-23-16/h3-9,12-13H,10-11H2,1-2H3,(H,19,22). The lowest BCUT2D eigenvalue weighted by molar-refractivity contribution is -0.129. The number of anilines is 1. The SMILES string of the molecule is CC(C)N1CC(C(=O)Nc2ccccc2-c2cccs2)CC1=O. The largest absolute Gasteiger partial charge is 0.339 e. The number of nitrogens with zero attached hydrogens (tertiary/aromatic N) is 1. The van der Waals surface area contributed by atoms with Crippen molar-refractivity contribution < 1.29 is 9.59 Å². The molecule has 1 N–H and O–H groups in total. The number of amides is 2. The summed E-state index contributed by atoms with van der Waals surface area (Å²) < 4.78 is 0. The van der Waals surface area contributed by atoms with Crippen molar-refractivity contribution in [3.8, 4) is 10.4 Å². The van der Waals surface area contributed by atoms with Crippen molar-refractivity contribution >= 4 is 28.8 Å². The van der Waals surface area contributed by atoms with Crippen molar-refractivity contribution in [1.82, 2.24) is 4.90 Å². The lowest BCUT2D eigenvalue weighted by Crippen LogP contribution is -2.33. The zero-order chi connectivity index (χ0) is 16.4. The maximum Gasteiger partial charge on any atom is 0.229 e. The third kappa shape index (κ3) is 3.29. The van der Waals surface area contributed by atoms with Crippen molar-refractivity contribution in [1.29, 1.82) is 0 Å². The van der Waals surface area contributed by atoms with Crippen LogP contribution in [0, 0.1) is 5.92 Å². The highest BCUT2D eigenvalue weighted by molar-refractivity contribution is 7.13. The zero-order valence-electron chi connectivity index (χ0n) is 13.3. The summed E-state index contributed by atoms with van der Waals surface area (Å²) in [6.07, 6.45) is 0.297. The lowest BCUT2D eigenvalue weighted by Gasteiger charge is -2.20. The van der Waals surface area contributed by atoms with Gasteiger partial charge >= 0.3 is 0 Å². The molecule has 3 rings (SSSR count). The summed E-state index contributed by atoms with van der Waals surface area (Å²) in [4.78, 5) is 27.4. The first-order chi connectivity index (χ1) is 11.1. The van der Waals surface area contributed by atoms with Crippen LogP contribution >= 0.6 is 11.3 Å². The Morgan fingerprint density at radius 3 is 2.70 bits per heavy atom. The molecule has 1 saturated heterocycles. The molecule has 0 radical (unpaired) electrons. The maximum absolute atomic E-state index is 12.6. The predicted molar refractivity (Wildman–Crippen MR) is 93.3 cm³/mol. The summed E-state index contributed by atoms with van der Waals surface area (Å²) >= 11 is 1.64. The number of nitrogens with one attached hydrogen (secondary N) is 1. The molecule has 1 aliphatic heterocycles. The Labute approximate surface area is 140 Å². The third-order valence-corrected chi connectivity index (χ3v) is 5.03. The molecule has 2 amide bonds. The number of benzene rings is 1. The molecule has 1 fully saturated rings. The Bertz CT molecular complexity index is 710. The molecule has 0 saturated carbocycles. The van der Waals surface area contributed by atoms with Crippen LogP contribution in [0.1, 0.15) is 20.3 Å². The van der Waals surface area contributed by atoms with Crippen LogP contribution in [0.4, 0.5) is 5.69 Å². The van der Waals surface area contributed by atoms with Gasteiger partial charge in [-0.25, -0.2) is 0 Å². The number of hydrogen-bond acceptors (Lipinski definition) is 3. The van der Waals surface area contributed by atoms with Gasteiger partial charge in [-0.3, -0.25) is 9.59 Å². The maximum atomic E-state index is 12.6. The molecule has 5 heteroatoms. The Morgan fingerprint density at radius 1 is 1.26 bits per heavy atom. The number of likely N-dealkylation sites (tertiary alicyclic amines) is 1. The molecule has 2 heterocycles. The predicted octanol–water partition coefficient (Wildman–Crippen LogP) is 3.61. The van der Waals surface area contributed by atoms with Gasteiger partial charge in [-0.2, -0.15) is 0 Å². The van der Waals surface area contributed by atoms with Gasteiger partial charge in [0.15, 0.2) is 0 Å². The fraction of sp³-hybridized carbons (Fsp3) is 0.333. The van der Waals surface area contributed by atoms with Crippen LogP contribution in [0.5, 0.6) is 0 Å². The Hall–Kier alpha value is -2.14. The van der Waals surface area contributed by atoms with Crippen LogP contribution in [0.25, 0.3) is 10.4 Å². The highest BCUT2D eigenvalue weighted by Gasteiger charge is 2.35. The number of rotatable bonds is 4. The van der Waals surface area contributed by atoms with E-state index in [9.17, 15) is 9.59 Å². The van der Waals surface area contributed by atoms with E-state index in [0.717, 1.165) is 16.1 Å². The van der Waals surface area contributed by atoms with Crippen molar-refractivity contribution in [2.45, 2.75) is 26.3 Å². The summed E-state index contributed by atoms with van der Waals surface area (Å²) in [7, 11) is 0. The van der Waals surface area contributed by atoms with Gasteiger partial charge in [0.25, 0.3) is 0 Å². The van der Waals surface area contributed by atoms with E-state index in [1.54, 1.807) is 16.2 Å². The van der Waals surface area contributed by atoms with Crippen molar-refractivity contribution in [3.63, 3.8) is 0 Å². The molecule has 0 spiro atoms. The first kappa shape index (κ1) is 15.7. The van der Waals surface area contributed by atoms with Gasteiger partial charge in [0, 0.05) is 35.1 Å². The molecule has 120 valence electrons. The monoisotopic (exact) mass is 328 g/mol. The second kappa shape index (κ2) is 6.54. The average molecular weight is 328 g/mol. The Kier molecular flexibility index (Phi) is 4.48. The van der Waals surface area contributed by atoms with Crippen LogP contribution in [-0.4, -0.2) is 29.3 Å². The molecule has 1 aromatic carbocycles. The van der Waals surface area contributed by atoms with Gasteiger partial charge in [0.2, 0.25) is 11.8 Å². The Balaban J connectivity index is 1.76. The van der Waals surface area contributed by atoms with E-state index in [-0.39, 0.29) is 23.8 Å². The van der Waals surface area contributed by atoms with Crippen LogP contribution in [-0.2, 0) is 9.59 Å². The van der Waals surface area contributed by atoms with E-state index in [1.807, 2.05) is 55.6 Å². The van der Waals surface area contributed by atoms with Crippen LogP contribution in [0.3, 0.4) is 0 Å². The molecular formula is C18H20N2O2S. The van der Waals surface area contributed by atoms with Crippen molar-refractivity contribution in [2.75, 3.05) is 11.9 Å². The second-order valence-corrected chi connectivity index (χ2v) is 7.00. The summed E-state index contributed by atoms with van der Waals surface area (Å²) in [5.74, 6) is -0.293. The summed E-state index contributed by atoms with van der Waals surface area (Å²) in [6.45, 7) is 4.46. The normalized spacial score (nSPS) is 17.8. The summed E-state index contributed by atoms with van der Waals surface area (Å²) in [5.41, 5.74) is 1.82. The van der Waals surface area contributed by atoms with E-state index in [1.165, 1.54) is 0 Å². The summed E-state index contributed by atoms with van der Waals surface area (Å²) in [6, 6.07) is 12.0. The van der Waals surface area contributed by atoms with Gasteiger partial charge in [0.1, 0.15) is 0 Å². The minimum atomic E-state index is -0.277. The molecule has 1 aliphatic rings. The first-order valence-corrected chi connectivity index (χ1v) is 8.67. The molecular weight excluding hydrogens is 308 g/mol. The number of hydrogen-bond donors (Lipinski definition) is 1. The van der Waals surface area contributed by atoms with E-state index in [0.29, 0.717) is 13.0 Å². The number of para-hydroxylation sites is 1. The fourth-order valence-electron chi connectivity index (χ4n) is 2.88. The lowest BCUT2D eigenvalue weighted by atomic mass is 10.1. The molecule has 4 nitrogen and oxygen atoms in total. The highest BCUT2D eigenvalue weighted by atomic mass is 32.1. The van der Waals surface area contributed by atoms with Gasteiger partial charge in [-0.15, -0.1) is 11.3 Å². The molecule has 23 heavy (non-hydrogen) atoms. The van der Waals surface area contributed by atoms with Crippen LogP contribution < -0.4 is 5.32 Å². The van der Waals surface area contributed by atoms with Crippen LogP contribution in [0.15, 0.2) is 41.8 Å². The smallest absolute Gasteiger partial charge is 0.229 e. The minimum Gasteiger partial charge on any atom is -0.339 e. The van der Waals surface area contributed by atoms with Gasteiger partial charge in [-0.05, 0) is 31.4 Å². The van der Waals surface area contributed by atoms with Gasteiger partial charge in [0.05, 0.1) is 5.92 Å². The molecule has 1 atom stereocenters. The highest BCUT2D eigenvalue weighted by Crippen LogP contribution is 2.32. The van der Waals surface area contributed by atoms with E-state index >= 15 is 0 Å². The fourth-order valence-corrected chi connectivity index (χ4v) is 3.65. The molecule has 0 aliphatic carbocycles. The van der Waals surface area contributed by atoms with Gasteiger partial charge in [-0.1, -0.05) is 24.3 Å². The number of carbonyl (C=O) groups is 2. The number of thiophene rings is 1. The van der Waals surface area contributed by atoms with Crippen molar-refractivity contribution in [2.24, 2.45) is 5.92 Å². The van der Waals surface area contributed by atoms with Crippen LogP contribution in [0.2, 0.25) is 0 Å². The van der Waals surface area contributed by atoms with E-state index in [4.69, 9.17) is 0 Å². The molecule has 1 unspecified atom stereocenters. The van der Waals surface area contributed by atoms with Gasteiger partial charge < -0.3 is 10.2 Å². The molecule has 2 aromatic rings. The Morgan fingerprint density at radius 2 is 2.04 bits per heavy atom. The minimum absolute atomic E-state index is 0.0618. The molecule has 0 bridgehead atoms. The average Bonchev–Trinajstić information content (AvgIpc) is 3.17. The second-order valence-electron chi connectivity index (χ2n) is 6.05. The quantitative estimate of drug-likeness (QED) is 0.932. The summed E-state index contributed by atoms with van der Waals surface area (Å²) in [5, 5.41) is 5.03. The third-order valence-electron chi connectivity index (χ3n) is 4.12. The van der Waals surface area contributed by atoms with E-state index in [2.05, 4.69) is 5.32 Å². The first-order valence-electron chi connectivity index (χ1n) is 7.79. The zero-order valence-corrected chi connectivity index (χ0v) is 14.1. The van der Waals surface area contributed by atoms with Crippen molar-refractivity contribution in [3.05, 3.63) is 41.8 Å². The van der Waals surface area contributed by atoms with E-state index < -0.39 is 0 Å².